The molecule has 0 saturated carbocycles. The molecule has 0 aliphatic carbocycles. The number of hydrogen-bond acceptors (Lipinski definition) is 7. The number of pyridine rings is 1. The Morgan fingerprint density at radius 3 is 2.42 bits per heavy atom. The van der Waals surface area contributed by atoms with E-state index in [1.54, 1.807) is 20.3 Å². The topological polar surface area (TPSA) is 60.4 Å². The number of ether oxygens (including phenoxy) is 2. The Morgan fingerprint density at radius 2 is 1.84 bits per heavy atom. The molecule has 0 bridgehead atoms. The second kappa shape index (κ2) is 9.36. The molecule has 2 aromatic heterocycles. The third-order valence-corrected chi connectivity index (χ3v) is 7.04. The normalized spacial score (nSPS) is 16.8. The molecule has 31 heavy (non-hydrogen) atoms. The Bertz CT molecular complexity index is 1100. The molecule has 3 aromatic rings. The average Bonchev–Trinajstić information content (AvgIpc) is 3.18. The number of likely N-dealkylation sites (N-methyl/N-ethyl adjacent to an activating group) is 1. The Hall–Kier alpha value is -1.80. The maximum absolute atomic E-state index is 6.67. The number of thioether (sulfide) groups is 1. The molecule has 164 valence electrons. The van der Waals surface area contributed by atoms with E-state index in [9.17, 15) is 0 Å². The monoisotopic (exact) mass is 478 g/mol. The molecule has 4 rings (SSSR count). The number of aromatic nitrogens is 3. The molecule has 0 spiro atoms. The Morgan fingerprint density at radius 1 is 1.13 bits per heavy atom. The van der Waals surface area contributed by atoms with Gasteiger partial charge < -0.3 is 14.4 Å². The molecule has 6 nitrogen and oxygen atoms in total. The van der Waals surface area contributed by atoms with E-state index < -0.39 is 0 Å². The van der Waals surface area contributed by atoms with E-state index in [-0.39, 0.29) is 0 Å². The zero-order valence-electron chi connectivity index (χ0n) is 17.9. The van der Waals surface area contributed by atoms with Gasteiger partial charge in [0, 0.05) is 35.7 Å². The maximum Gasteiger partial charge on any atom is 0.187 e. The van der Waals surface area contributed by atoms with Crippen molar-refractivity contribution in [2.75, 3.05) is 34.1 Å². The molecular weight excluding hydrogens is 455 g/mol. The highest BCUT2D eigenvalue weighted by molar-refractivity contribution is 7.98. The van der Waals surface area contributed by atoms with Crippen LogP contribution in [0.2, 0.25) is 10.0 Å². The van der Waals surface area contributed by atoms with Gasteiger partial charge in [-0.25, -0.2) is 9.97 Å². The van der Waals surface area contributed by atoms with Gasteiger partial charge in [0.1, 0.15) is 11.5 Å². The van der Waals surface area contributed by atoms with Gasteiger partial charge in [0.25, 0.3) is 0 Å². The molecule has 1 saturated heterocycles. The van der Waals surface area contributed by atoms with Crippen LogP contribution in [0.5, 0.6) is 11.5 Å². The van der Waals surface area contributed by atoms with Crippen LogP contribution in [-0.2, 0) is 6.42 Å². The van der Waals surface area contributed by atoms with Crippen molar-refractivity contribution in [3.8, 4) is 22.8 Å². The summed E-state index contributed by atoms with van der Waals surface area (Å²) in [5, 5.41) is 2.41. The lowest BCUT2D eigenvalue weighted by Crippen LogP contribution is -2.27. The molecule has 0 amide bonds. The van der Waals surface area contributed by atoms with Crippen molar-refractivity contribution in [3.63, 3.8) is 0 Å². The van der Waals surface area contributed by atoms with Gasteiger partial charge in [-0.1, -0.05) is 35.0 Å². The molecular formula is C22H24Cl2N4O2S. The van der Waals surface area contributed by atoms with Crippen molar-refractivity contribution >= 4 is 45.9 Å². The van der Waals surface area contributed by atoms with E-state index in [2.05, 4.69) is 16.9 Å². The van der Waals surface area contributed by atoms with Crippen LogP contribution in [0.25, 0.3) is 22.2 Å². The van der Waals surface area contributed by atoms with Gasteiger partial charge in [-0.15, -0.1) is 0 Å². The summed E-state index contributed by atoms with van der Waals surface area (Å²) in [4.78, 5) is 16.6. The fourth-order valence-corrected chi connectivity index (χ4v) is 5.06. The van der Waals surface area contributed by atoms with Crippen molar-refractivity contribution in [2.24, 2.45) is 0 Å². The lowest BCUT2D eigenvalue weighted by Gasteiger charge is -2.20. The van der Waals surface area contributed by atoms with Crippen LogP contribution in [0.1, 0.15) is 18.5 Å². The first kappa shape index (κ1) is 22.4. The molecule has 1 aliphatic rings. The van der Waals surface area contributed by atoms with E-state index in [4.69, 9.17) is 42.6 Å². The van der Waals surface area contributed by atoms with Crippen molar-refractivity contribution < 1.29 is 9.47 Å². The highest BCUT2D eigenvalue weighted by Gasteiger charge is 2.25. The lowest BCUT2D eigenvalue weighted by molar-refractivity contribution is 0.308. The smallest absolute Gasteiger partial charge is 0.187 e. The summed E-state index contributed by atoms with van der Waals surface area (Å²) in [5.41, 5.74) is 3.01. The summed E-state index contributed by atoms with van der Waals surface area (Å²) in [6.45, 7) is 1.10. The summed E-state index contributed by atoms with van der Waals surface area (Å²) >= 11 is 14.9. The van der Waals surface area contributed by atoms with Gasteiger partial charge in [0.2, 0.25) is 0 Å². The third-order valence-electron chi connectivity index (χ3n) is 5.73. The number of halogens is 2. The second-order valence-corrected chi connectivity index (χ2v) is 9.04. The van der Waals surface area contributed by atoms with Crippen molar-refractivity contribution in [2.45, 2.75) is 30.5 Å². The largest absolute Gasteiger partial charge is 0.495 e. The van der Waals surface area contributed by atoms with E-state index in [1.807, 2.05) is 18.5 Å². The molecule has 3 heterocycles. The summed E-state index contributed by atoms with van der Waals surface area (Å²) < 4.78 is 10.9. The molecule has 1 unspecified atom stereocenters. The number of nitrogens with zero attached hydrogens (tertiary/aromatic N) is 4. The molecule has 9 heteroatoms. The van der Waals surface area contributed by atoms with Crippen LogP contribution in [0.4, 0.5) is 0 Å². The van der Waals surface area contributed by atoms with E-state index in [1.165, 1.54) is 18.2 Å². The molecule has 0 N–H and O–H groups in total. The van der Waals surface area contributed by atoms with Crippen LogP contribution >= 0.6 is 35.0 Å². The van der Waals surface area contributed by atoms with Crippen molar-refractivity contribution in [1.29, 1.82) is 0 Å². The summed E-state index contributed by atoms with van der Waals surface area (Å²) in [6.07, 6.45) is 6.92. The van der Waals surface area contributed by atoms with Crippen LogP contribution in [-0.4, -0.2) is 60.0 Å². The average molecular weight is 479 g/mol. The molecule has 0 radical (unpaired) electrons. The first-order chi connectivity index (χ1) is 15.0. The Kier molecular flexibility index (Phi) is 6.77. The lowest BCUT2D eigenvalue weighted by atomic mass is 10.0. The Balaban J connectivity index is 1.94. The van der Waals surface area contributed by atoms with Crippen molar-refractivity contribution in [3.05, 3.63) is 34.1 Å². The van der Waals surface area contributed by atoms with Crippen LogP contribution in [0, 0.1) is 0 Å². The number of rotatable bonds is 6. The van der Waals surface area contributed by atoms with Gasteiger partial charge in [0.15, 0.2) is 5.16 Å². The van der Waals surface area contributed by atoms with Gasteiger partial charge in [-0.3, -0.25) is 4.98 Å². The molecule has 1 fully saturated rings. The first-order valence-corrected chi connectivity index (χ1v) is 12.0. The highest BCUT2D eigenvalue weighted by atomic mass is 35.5. The van der Waals surface area contributed by atoms with Crippen LogP contribution < -0.4 is 9.47 Å². The standard InChI is InChI=1S/C22H24Cl2N4O2S/c1-28-7-5-6-13(28)9-15-21-12(11-25-22(27-21)31-4)8-14(26-15)18-19(23)16(29-2)10-17(30-3)20(18)24/h8,10-11,13H,5-7,9H2,1-4H3. The summed E-state index contributed by atoms with van der Waals surface area (Å²) in [7, 11) is 5.28. The van der Waals surface area contributed by atoms with Gasteiger partial charge in [-0.05, 0) is 38.8 Å². The maximum atomic E-state index is 6.67. The highest BCUT2D eigenvalue weighted by Crippen LogP contribution is 2.46. The molecule has 1 aromatic carbocycles. The fraction of sp³-hybridized carbons (Fsp3) is 0.409. The zero-order valence-corrected chi connectivity index (χ0v) is 20.2. The Labute approximate surface area is 196 Å². The van der Waals surface area contributed by atoms with Gasteiger partial charge in [-0.2, -0.15) is 0 Å². The van der Waals surface area contributed by atoms with Gasteiger partial charge in [0.05, 0.1) is 41.2 Å². The minimum atomic E-state index is 0.394. The summed E-state index contributed by atoms with van der Waals surface area (Å²) in [5.74, 6) is 0.955. The summed E-state index contributed by atoms with van der Waals surface area (Å²) in [6, 6.07) is 4.02. The van der Waals surface area contributed by atoms with Crippen LogP contribution in [0.3, 0.4) is 0 Å². The third kappa shape index (κ3) is 4.29. The minimum Gasteiger partial charge on any atom is -0.495 e. The zero-order chi connectivity index (χ0) is 22.1. The first-order valence-electron chi connectivity index (χ1n) is 9.98. The molecule has 1 aliphatic heterocycles. The van der Waals surface area contributed by atoms with Crippen LogP contribution in [0.15, 0.2) is 23.5 Å². The molecule has 1 atom stereocenters. The minimum absolute atomic E-state index is 0.394. The number of likely N-dealkylation sites (tertiary alicyclic amines) is 1. The quantitative estimate of drug-likeness (QED) is 0.348. The van der Waals surface area contributed by atoms with E-state index in [0.29, 0.717) is 38.8 Å². The van der Waals surface area contributed by atoms with E-state index >= 15 is 0 Å². The number of fused-ring (bicyclic) bond motifs is 1. The van der Waals surface area contributed by atoms with Gasteiger partial charge >= 0.3 is 0 Å². The number of hydrogen-bond donors (Lipinski definition) is 0. The number of benzene rings is 1. The number of methoxy groups -OCH3 is 2. The fourth-order valence-electron chi connectivity index (χ4n) is 4.03. The SMILES string of the molecule is COc1cc(OC)c(Cl)c(-c2cc3cnc(SC)nc3c(CC3CCCN3C)n2)c1Cl. The predicted molar refractivity (Wildman–Crippen MR) is 127 cm³/mol. The predicted octanol–water partition coefficient (Wildman–Crippen LogP) is 5.37. The second-order valence-electron chi connectivity index (χ2n) is 7.51. The van der Waals surface area contributed by atoms with Crippen molar-refractivity contribution in [1.82, 2.24) is 19.9 Å². The van der Waals surface area contributed by atoms with E-state index in [0.717, 1.165) is 41.1 Å².